The Morgan fingerprint density at radius 3 is 2.53 bits per heavy atom. The first-order chi connectivity index (χ1) is 8.08. The Kier molecular flexibility index (Phi) is 4.05. The number of benzene rings is 1. The minimum Gasteiger partial charge on any atom is -0.388 e. The fourth-order valence-corrected chi connectivity index (χ4v) is 2.69. The first-order valence-corrected chi connectivity index (χ1v) is 6.58. The number of halogens is 2. The number of rotatable bonds is 2. The normalized spacial score (nSPS) is 26.8. The highest BCUT2D eigenvalue weighted by atomic mass is 35.5. The molecule has 3 heteroatoms. The van der Waals surface area contributed by atoms with Crippen molar-refractivity contribution in [2.75, 3.05) is 0 Å². The molecule has 1 aromatic rings. The maximum Gasteiger partial charge on any atom is 0.142 e. The van der Waals surface area contributed by atoms with E-state index in [9.17, 15) is 9.50 Å². The maximum atomic E-state index is 13.3. The Hall–Kier alpha value is -0.600. The van der Waals surface area contributed by atoms with E-state index in [0.29, 0.717) is 5.56 Å². The molecule has 1 nitrogen and oxygen atoms in total. The zero-order valence-electron chi connectivity index (χ0n) is 10.00. The number of aliphatic hydroxyl groups excluding tert-OH is 1. The largest absolute Gasteiger partial charge is 0.388 e. The van der Waals surface area contributed by atoms with Crippen LogP contribution in [-0.4, -0.2) is 5.11 Å². The minimum absolute atomic E-state index is 0.109. The summed E-state index contributed by atoms with van der Waals surface area (Å²) < 4.78 is 13.3. The van der Waals surface area contributed by atoms with Crippen molar-refractivity contribution in [1.82, 2.24) is 0 Å². The van der Waals surface area contributed by atoms with Crippen LogP contribution in [0.4, 0.5) is 4.39 Å². The van der Waals surface area contributed by atoms with Gasteiger partial charge in [0.25, 0.3) is 0 Å². The Morgan fingerprint density at radius 2 is 1.94 bits per heavy atom. The van der Waals surface area contributed by atoms with Crippen LogP contribution in [0, 0.1) is 17.7 Å². The van der Waals surface area contributed by atoms with Crippen molar-refractivity contribution >= 4 is 11.6 Å². The molecule has 1 aliphatic carbocycles. The van der Waals surface area contributed by atoms with Crippen molar-refractivity contribution in [3.05, 3.63) is 34.6 Å². The lowest BCUT2D eigenvalue weighted by molar-refractivity contribution is 0.0753. The summed E-state index contributed by atoms with van der Waals surface area (Å²) in [5, 5.41) is 10.3. The molecule has 0 aliphatic heterocycles. The summed E-state index contributed by atoms with van der Waals surface area (Å²) >= 11 is 5.63. The van der Waals surface area contributed by atoms with Crippen LogP contribution >= 0.6 is 11.6 Å². The van der Waals surface area contributed by atoms with E-state index in [4.69, 9.17) is 11.6 Å². The van der Waals surface area contributed by atoms with Gasteiger partial charge in [-0.25, -0.2) is 4.39 Å². The molecule has 1 fully saturated rings. The van der Waals surface area contributed by atoms with Crippen molar-refractivity contribution in [2.24, 2.45) is 11.8 Å². The minimum atomic E-state index is -0.561. The molecule has 0 aromatic heterocycles. The average Bonchev–Trinajstić information content (AvgIpc) is 2.33. The molecule has 1 aliphatic rings. The van der Waals surface area contributed by atoms with Crippen molar-refractivity contribution < 1.29 is 9.50 Å². The monoisotopic (exact) mass is 256 g/mol. The molecule has 1 unspecified atom stereocenters. The van der Waals surface area contributed by atoms with E-state index < -0.39 is 11.9 Å². The summed E-state index contributed by atoms with van der Waals surface area (Å²) in [7, 11) is 0. The summed E-state index contributed by atoms with van der Waals surface area (Å²) in [6.07, 6.45) is 3.78. The highest BCUT2D eigenvalue weighted by molar-refractivity contribution is 6.30. The Labute approximate surface area is 107 Å². The van der Waals surface area contributed by atoms with Crippen molar-refractivity contribution in [2.45, 2.75) is 38.7 Å². The zero-order valence-corrected chi connectivity index (χ0v) is 10.8. The molecular formula is C14H18ClFO. The van der Waals surface area contributed by atoms with Crippen LogP contribution in [-0.2, 0) is 0 Å². The summed E-state index contributed by atoms with van der Waals surface area (Å²) in [6.45, 7) is 2.24. The van der Waals surface area contributed by atoms with Gasteiger partial charge in [0, 0.05) is 0 Å². The van der Waals surface area contributed by atoms with Crippen LogP contribution in [0.3, 0.4) is 0 Å². The lowest BCUT2D eigenvalue weighted by Gasteiger charge is -2.30. The first kappa shape index (κ1) is 12.8. The fourth-order valence-electron chi connectivity index (χ4n) is 2.57. The van der Waals surface area contributed by atoms with Gasteiger partial charge in [-0.15, -0.1) is 0 Å². The van der Waals surface area contributed by atoms with Crippen LogP contribution in [0.1, 0.15) is 44.3 Å². The van der Waals surface area contributed by atoms with Gasteiger partial charge in [0.05, 0.1) is 11.1 Å². The van der Waals surface area contributed by atoms with Gasteiger partial charge in [-0.05, 0) is 42.4 Å². The molecule has 1 atom stereocenters. The molecule has 0 heterocycles. The quantitative estimate of drug-likeness (QED) is 0.835. The second kappa shape index (κ2) is 5.36. The van der Waals surface area contributed by atoms with Gasteiger partial charge < -0.3 is 5.11 Å². The third kappa shape index (κ3) is 2.99. The SMILES string of the molecule is CC1CCC(C(O)c2ccc(Cl)c(F)c2)CC1. The first-order valence-electron chi connectivity index (χ1n) is 6.21. The molecule has 94 valence electrons. The molecule has 0 bridgehead atoms. The van der Waals surface area contributed by atoms with E-state index in [-0.39, 0.29) is 10.9 Å². The lowest BCUT2D eigenvalue weighted by atomic mass is 9.78. The van der Waals surface area contributed by atoms with Crippen LogP contribution in [0.2, 0.25) is 5.02 Å². The van der Waals surface area contributed by atoms with Crippen molar-refractivity contribution in [3.63, 3.8) is 0 Å². The van der Waals surface area contributed by atoms with E-state index in [1.54, 1.807) is 6.07 Å². The molecule has 1 saturated carbocycles. The summed E-state index contributed by atoms with van der Waals surface area (Å²) in [4.78, 5) is 0. The highest BCUT2D eigenvalue weighted by Crippen LogP contribution is 2.37. The second-order valence-corrected chi connectivity index (χ2v) is 5.55. The predicted molar refractivity (Wildman–Crippen MR) is 67.5 cm³/mol. The van der Waals surface area contributed by atoms with E-state index in [1.165, 1.54) is 12.1 Å². The number of aliphatic hydroxyl groups is 1. The molecule has 0 saturated heterocycles. The van der Waals surface area contributed by atoms with Gasteiger partial charge in [-0.1, -0.05) is 37.4 Å². The standard InChI is InChI=1S/C14H18ClFO/c1-9-2-4-10(5-3-9)14(17)11-6-7-12(15)13(16)8-11/h6-10,14,17H,2-5H2,1H3. The summed E-state index contributed by atoms with van der Waals surface area (Å²) in [5.74, 6) is 0.555. The maximum absolute atomic E-state index is 13.3. The molecule has 1 aromatic carbocycles. The summed E-state index contributed by atoms with van der Waals surface area (Å²) in [5.41, 5.74) is 0.645. The Bertz CT molecular complexity index is 386. The third-order valence-electron chi connectivity index (χ3n) is 3.79. The molecule has 0 amide bonds. The van der Waals surface area contributed by atoms with Gasteiger partial charge in [0.2, 0.25) is 0 Å². The molecule has 0 spiro atoms. The highest BCUT2D eigenvalue weighted by Gasteiger charge is 2.26. The van der Waals surface area contributed by atoms with E-state index in [2.05, 4.69) is 6.92 Å². The van der Waals surface area contributed by atoms with E-state index in [0.717, 1.165) is 31.6 Å². The van der Waals surface area contributed by atoms with Gasteiger partial charge in [0.15, 0.2) is 0 Å². The van der Waals surface area contributed by atoms with E-state index in [1.807, 2.05) is 0 Å². The third-order valence-corrected chi connectivity index (χ3v) is 4.10. The van der Waals surface area contributed by atoms with E-state index >= 15 is 0 Å². The van der Waals surface area contributed by atoms with Crippen molar-refractivity contribution in [1.29, 1.82) is 0 Å². The van der Waals surface area contributed by atoms with Gasteiger partial charge in [0.1, 0.15) is 5.82 Å². The topological polar surface area (TPSA) is 20.2 Å². The molecule has 17 heavy (non-hydrogen) atoms. The fraction of sp³-hybridized carbons (Fsp3) is 0.571. The second-order valence-electron chi connectivity index (χ2n) is 5.14. The Morgan fingerprint density at radius 1 is 1.29 bits per heavy atom. The van der Waals surface area contributed by atoms with Gasteiger partial charge in [-0.3, -0.25) is 0 Å². The number of hydrogen-bond acceptors (Lipinski definition) is 1. The molecule has 2 rings (SSSR count). The van der Waals surface area contributed by atoms with Crippen molar-refractivity contribution in [3.8, 4) is 0 Å². The molecular weight excluding hydrogens is 239 g/mol. The molecule has 1 N–H and O–H groups in total. The zero-order chi connectivity index (χ0) is 12.4. The predicted octanol–water partition coefficient (Wildman–Crippen LogP) is 4.34. The smallest absolute Gasteiger partial charge is 0.142 e. The van der Waals surface area contributed by atoms with Crippen LogP contribution in [0.25, 0.3) is 0 Å². The summed E-state index contributed by atoms with van der Waals surface area (Å²) in [6, 6.07) is 4.58. The van der Waals surface area contributed by atoms with Crippen LogP contribution < -0.4 is 0 Å². The average molecular weight is 257 g/mol. The Balaban J connectivity index is 2.08. The van der Waals surface area contributed by atoms with Crippen LogP contribution in [0.15, 0.2) is 18.2 Å². The lowest BCUT2D eigenvalue weighted by Crippen LogP contribution is -2.19. The number of hydrogen-bond donors (Lipinski definition) is 1. The van der Waals surface area contributed by atoms with Gasteiger partial charge in [-0.2, -0.15) is 0 Å². The molecule has 0 radical (unpaired) electrons. The van der Waals surface area contributed by atoms with Crippen LogP contribution in [0.5, 0.6) is 0 Å². The van der Waals surface area contributed by atoms with Gasteiger partial charge >= 0.3 is 0 Å².